The minimum absolute atomic E-state index is 0.0245. The van der Waals surface area contributed by atoms with Crippen LogP contribution < -0.4 is 5.73 Å². The molecule has 0 bridgehead atoms. The van der Waals surface area contributed by atoms with Crippen molar-refractivity contribution in [3.8, 4) is 0 Å². The van der Waals surface area contributed by atoms with E-state index in [1.54, 1.807) is 36.4 Å². The van der Waals surface area contributed by atoms with E-state index in [4.69, 9.17) is 5.73 Å². The molecule has 19 heavy (non-hydrogen) atoms. The minimum Gasteiger partial charge on any atom is -0.399 e. The molecule has 96 valence electrons. The summed E-state index contributed by atoms with van der Waals surface area (Å²) in [5, 5.41) is 0. The average Bonchev–Trinajstić information content (AvgIpc) is 2.40. The molecule has 2 rings (SSSR count). The van der Waals surface area contributed by atoms with Gasteiger partial charge in [0.15, 0.2) is 11.6 Å². The van der Waals surface area contributed by atoms with Gasteiger partial charge in [-0.3, -0.25) is 9.59 Å². The number of benzene rings is 2. The van der Waals surface area contributed by atoms with Gasteiger partial charge in [-0.2, -0.15) is 0 Å². The molecule has 0 radical (unpaired) electrons. The summed E-state index contributed by atoms with van der Waals surface area (Å²) >= 11 is 0. The van der Waals surface area contributed by atoms with Gasteiger partial charge in [-0.15, -0.1) is 0 Å². The van der Waals surface area contributed by atoms with Crippen LogP contribution in [0.3, 0.4) is 0 Å². The lowest BCUT2D eigenvalue weighted by molar-refractivity contribution is 0.0991. The highest BCUT2D eigenvalue weighted by Crippen LogP contribution is 2.11. The third-order valence-electron chi connectivity index (χ3n) is 2.96. The van der Waals surface area contributed by atoms with Gasteiger partial charge < -0.3 is 5.73 Å². The van der Waals surface area contributed by atoms with Crippen LogP contribution in [0, 0.1) is 0 Å². The normalized spacial score (nSPS) is 10.2. The average molecular weight is 253 g/mol. The number of hydrogen-bond donors (Lipinski definition) is 1. The van der Waals surface area contributed by atoms with Crippen molar-refractivity contribution in [1.29, 1.82) is 0 Å². The van der Waals surface area contributed by atoms with E-state index in [1.807, 2.05) is 12.1 Å². The lowest BCUT2D eigenvalue weighted by atomic mass is 10.0. The monoisotopic (exact) mass is 253 g/mol. The maximum atomic E-state index is 12.0. The molecule has 0 saturated heterocycles. The second kappa shape index (κ2) is 5.48. The summed E-state index contributed by atoms with van der Waals surface area (Å²) in [7, 11) is 0. The van der Waals surface area contributed by atoms with Gasteiger partial charge in [-0.1, -0.05) is 24.3 Å². The molecule has 0 spiro atoms. The van der Waals surface area contributed by atoms with Crippen LogP contribution in [0.1, 0.15) is 33.2 Å². The Morgan fingerprint density at radius 1 is 0.895 bits per heavy atom. The van der Waals surface area contributed by atoms with Crippen molar-refractivity contribution in [2.45, 2.75) is 13.3 Å². The van der Waals surface area contributed by atoms with Gasteiger partial charge in [0.1, 0.15) is 0 Å². The van der Waals surface area contributed by atoms with Crippen LogP contribution in [-0.4, -0.2) is 11.6 Å². The number of hydrogen-bond acceptors (Lipinski definition) is 3. The van der Waals surface area contributed by atoms with E-state index in [0.29, 0.717) is 23.2 Å². The van der Waals surface area contributed by atoms with Crippen LogP contribution in [-0.2, 0) is 6.42 Å². The Kier molecular flexibility index (Phi) is 3.76. The summed E-state index contributed by atoms with van der Waals surface area (Å²) in [6.07, 6.45) is 0.322. The van der Waals surface area contributed by atoms with Crippen LogP contribution in [0.15, 0.2) is 48.5 Å². The van der Waals surface area contributed by atoms with Gasteiger partial charge in [0, 0.05) is 23.2 Å². The molecule has 0 saturated carbocycles. The van der Waals surface area contributed by atoms with Crippen molar-refractivity contribution < 1.29 is 9.59 Å². The number of ketones is 2. The second-order valence-electron chi connectivity index (χ2n) is 4.48. The van der Waals surface area contributed by atoms with Crippen LogP contribution in [0.2, 0.25) is 0 Å². The number of Topliss-reactive ketones (excluding diaryl/α,β-unsaturated/α-hetero) is 2. The van der Waals surface area contributed by atoms with Crippen LogP contribution in [0.5, 0.6) is 0 Å². The third-order valence-corrected chi connectivity index (χ3v) is 2.96. The molecular weight excluding hydrogens is 238 g/mol. The van der Waals surface area contributed by atoms with Crippen molar-refractivity contribution in [1.82, 2.24) is 0 Å². The zero-order chi connectivity index (χ0) is 13.8. The molecule has 2 aromatic rings. The zero-order valence-corrected chi connectivity index (χ0v) is 10.7. The van der Waals surface area contributed by atoms with E-state index >= 15 is 0 Å². The smallest absolute Gasteiger partial charge is 0.167 e. The van der Waals surface area contributed by atoms with Gasteiger partial charge in [0.05, 0.1) is 0 Å². The largest absolute Gasteiger partial charge is 0.399 e. The number of nitrogens with two attached hydrogens (primary N) is 1. The molecule has 0 aliphatic rings. The van der Waals surface area contributed by atoms with Crippen molar-refractivity contribution in [2.75, 3.05) is 5.73 Å². The Balaban J connectivity index is 2.10. The fourth-order valence-corrected chi connectivity index (χ4v) is 1.81. The van der Waals surface area contributed by atoms with Crippen LogP contribution in [0.25, 0.3) is 0 Å². The van der Waals surface area contributed by atoms with Gasteiger partial charge >= 0.3 is 0 Å². The summed E-state index contributed by atoms with van der Waals surface area (Å²) in [6, 6.07) is 14.0. The molecule has 2 aromatic carbocycles. The molecule has 0 fully saturated rings. The van der Waals surface area contributed by atoms with Crippen LogP contribution >= 0.6 is 0 Å². The molecule has 3 nitrogen and oxygen atoms in total. The van der Waals surface area contributed by atoms with E-state index in [-0.39, 0.29) is 11.6 Å². The maximum absolute atomic E-state index is 12.0. The lowest BCUT2D eigenvalue weighted by Crippen LogP contribution is -2.04. The number of carbonyl (C=O) groups excluding carboxylic acids is 2. The molecular formula is C16H15NO2. The standard InChI is InChI=1S/C16H15NO2/c1-11(18)13-4-2-12(3-5-13)10-16(19)14-6-8-15(17)9-7-14/h2-9H,10,17H2,1H3. The summed E-state index contributed by atoms with van der Waals surface area (Å²) in [4.78, 5) is 23.2. The number of nitrogen functional groups attached to an aromatic ring is 1. The Morgan fingerprint density at radius 2 is 1.42 bits per heavy atom. The Hall–Kier alpha value is -2.42. The van der Waals surface area contributed by atoms with Gasteiger partial charge in [-0.25, -0.2) is 0 Å². The maximum Gasteiger partial charge on any atom is 0.167 e. The summed E-state index contributed by atoms with van der Waals surface area (Å²) in [5.41, 5.74) is 8.42. The van der Waals surface area contributed by atoms with Crippen molar-refractivity contribution >= 4 is 17.3 Å². The van der Waals surface area contributed by atoms with Crippen molar-refractivity contribution in [2.24, 2.45) is 0 Å². The highest BCUT2D eigenvalue weighted by atomic mass is 16.1. The van der Waals surface area contributed by atoms with E-state index in [9.17, 15) is 9.59 Å². The first kappa shape index (κ1) is 13.0. The molecule has 2 N–H and O–H groups in total. The van der Waals surface area contributed by atoms with Gasteiger partial charge in [0.2, 0.25) is 0 Å². The van der Waals surface area contributed by atoms with E-state index in [1.165, 1.54) is 6.92 Å². The van der Waals surface area contributed by atoms with Crippen molar-refractivity contribution in [3.05, 3.63) is 65.2 Å². The first-order chi connectivity index (χ1) is 9.06. The molecule has 0 aliphatic carbocycles. The highest BCUT2D eigenvalue weighted by molar-refractivity contribution is 5.98. The first-order valence-corrected chi connectivity index (χ1v) is 6.05. The van der Waals surface area contributed by atoms with Crippen LogP contribution in [0.4, 0.5) is 5.69 Å². The molecule has 0 aliphatic heterocycles. The molecule has 0 aromatic heterocycles. The Morgan fingerprint density at radius 3 is 1.95 bits per heavy atom. The fourth-order valence-electron chi connectivity index (χ4n) is 1.81. The second-order valence-corrected chi connectivity index (χ2v) is 4.48. The third kappa shape index (κ3) is 3.28. The van der Waals surface area contributed by atoms with Gasteiger partial charge in [0.25, 0.3) is 0 Å². The quantitative estimate of drug-likeness (QED) is 0.673. The van der Waals surface area contributed by atoms with E-state index in [0.717, 1.165) is 5.56 Å². The Bertz CT molecular complexity index is 598. The van der Waals surface area contributed by atoms with E-state index in [2.05, 4.69) is 0 Å². The topological polar surface area (TPSA) is 60.2 Å². The SMILES string of the molecule is CC(=O)c1ccc(CC(=O)c2ccc(N)cc2)cc1. The molecule has 0 unspecified atom stereocenters. The number of anilines is 1. The summed E-state index contributed by atoms with van der Waals surface area (Å²) in [6.45, 7) is 1.52. The zero-order valence-electron chi connectivity index (χ0n) is 10.7. The fraction of sp³-hybridized carbons (Fsp3) is 0.125. The highest BCUT2D eigenvalue weighted by Gasteiger charge is 2.07. The predicted molar refractivity (Wildman–Crippen MR) is 75.3 cm³/mol. The predicted octanol–water partition coefficient (Wildman–Crippen LogP) is 2.90. The summed E-state index contributed by atoms with van der Waals surface area (Å²) < 4.78 is 0. The molecule has 0 amide bonds. The minimum atomic E-state index is 0.0245. The Labute approximate surface area is 112 Å². The van der Waals surface area contributed by atoms with Gasteiger partial charge in [-0.05, 0) is 36.8 Å². The number of rotatable bonds is 4. The molecule has 0 atom stereocenters. The molecule has 3 heteroatoms. The van der Waals surface area contributed by atoms with E-state index < -0.39 is 0 Å². The molecule has 0 heterocycles. The number of carbonyl (C=O) groups is 2. The van der Waals surface area contributed by atoms with Crippen molar-refractivity contribution in [3.63, 3.8) is 0 Å². The summed E-state index contributed by atoms with van der Waals surface area (Å²) in [5.74, 6) is 0.0620. The lowest BCUT2D eigenvalue weighted by Gasteiger charge is -2.03. The first-order valence-electron chi connectivity index (χ1n) is 6.05.